The van der Waals surface area contributed by atoms with Crippen LogP contribution in [0.1, 0.15) is 22.8 Å². The van der Waals surface area contributed by atoms with Crippen LogP contribution in [0, 0.1) is 0 Å². The monoisotopic (exact) mass is 392 g/mol. The fourth-order valence-electron chi connectivity index (χ4n) is 2.01. The van der Waals surface area contributed by atoms with Gasteiger partial charge in [0.25, 0.3) is 5.91 Å². The van der Waals surface area contributed by atoms with Crippen LogP contribution < -0.4 is 14.9 Å². The van der Waals surface area contributed by atoms with Crippen molar-refractivity contribution in [3.05, 3.63) is 70.2 Å². The number of benzene rings is 2. The molecule has 0 fully saturated rings. The molecule has 0 aromatic heterocycles. The molecule has 26 heavy (non-hydrogen) atoms. The van der Waals surface area contributed by atoms with Crippen molar-refractivity contribution in [2.75, 3.05) is 13.2 Å². The van der Waals surface area contributed by atoms with Crippen molar-refractivity contribution in [2.45, 2.75) is 6.92 Å². The number of amides is 1. The number of carbonyl (C=O) groups excluding carboxylic acids is 1. The number of carbonyl (C=O) groups is 1. The lowest BCUT2D eigenvalue weighted by molar-refractivity contribution is 0.0955. The molecule has 2 aromatic rings. The van der Waals surface area contributed by atoms with E-state index in [0.717, 1.165) is 5.56 Å². The maximum Gasteiger partial charge on any atom is 0.271 e. The summed E-state index contributed by atoms with van der Waals surface area (Å²) in [6.45, 7) is 6.38. The molecule has 0 saturated carbocycles. The van der Waals surface area contributed by atoms with Crippen molar-refractivity contribution in [3.63, 3.8) is 0 Å². The van der Waals surface area contributed by atoms with Gasteiger partial charge < -0.3 is 9.47 Å². The Bertz CT molecular complexity index is 822. The number of nitrogens with one attached hydrogen (secondary N) is 1. The molecule has 0 spiro atoms. The molecule has 0 aliphatic carbocycles. The van der Waals surface area contributed by atoms with Crippen LogP contribution in [0.5, 0.6) is 11.5 Å². The van der Waals surface area contributed by atoms with Gasteiger partial charge in [-0.05, 0) is 48.9 Å². The molecule has 0 bridgehead atoms. The molecule has 136 valence electrons. The highest BCUT2D eigenvalue weighted by Gasteiger charge is 2.08. The molecule has 0 radical (unpaired) electrons. The summed E-state index contributed by atoms with van der Waals surface area (Å²) in [5, 5.41) is 4.64. The van der Waals surface area contributed by atoms with E-state index in [0.29, 0.717) is 40.3 Å². The molecule has 2 aromatic carbocycles. The molecule has 0 heterocycles. The summed E-state index contributed by atoms with van der Waals surface area (Å²) >= 11 is 11.7. The van der Waals surface area contributed by atoms with Gasteiger partial charge in [0.2, 0.25) is 0 Å². The SMILES string of the molecule is C=CCOc1ccc(/C=N\NC(=O)c2ccc(Cl)c(Cl)c2)cc1OCC. The molecule has 0 aliphatic rings. The average Bonchev–Trinajstić information content (AvgIpc) is 2.63. The molecule has 1 N–H and O–H groups in total. The number of ether oxygens (including phenoxy) is 2. The lowest BCUT2D eigenvalue weighted by atomic mass is 10.2. The van der Waals surface area contributed by atoms with Gasteiger partial charge >= 0.3 is 0 Å². The van der Waals surface area contributed by atoms with Crippen molar-refractivity contribution in [3.8, 4) is 11.5 Å². The van der Waals surface area contributed by atoms with E-state index in [2.05, 4.69) is 17.1 Å². The van der Waals surface area contributed by atoms with Gasteiger partial charge in [-0.3, -0.25) is 4.79 Å². The zero-order valence-corrected chi connectivity index (χ0v) is 15.7. The number of halogens is 2. The standard InChI is InChI=1S/C19H18Cl2N2O3/c1-3-9-26-17-8-5-13(10-18(17)25-4-2)12-22-23-19(24)14-6-7-15(20)16(21)11-14/h3,5-8,10-12H,1,4,9H2,2H3,(H,23,24)/b22-12-. The van der Waals surface area contributed by atoms with Crippen LogP contribution in [0.3, 0.4) is 0 Å². The minimum Gasteiger partial charge on any atom is -0.490 e. The summed E-state index contributed by atoms with van der Waals surface area (Å²) in [5.41, 5.74) is 3.54. The van der Waals surface area contributed by atoms with Crippen molar-refractivity contribution in [1.29, 1.82) is 0 Å². The van der Waals surface area contributed by atoms with E-state index in [9.17, 15) is 4.79 Å². The van der Waals surface area contributed by atoms with Crippen LogP contribution >= 0.6 is 23.2 Å². The van der Waals surface area contributed by atoms with Crippen LogP contribution in [-0.4, -0.2) is 25.3 Å². The Morgan fingerprint density at radius 3 is 2.65 bits per heavy atom. The number of hydrogen-bond acceptors (Lipinski definition) is 4. The highest BCUT2D eigenvalue weighted by atomic mass is 35.5. The quantitative estimate of drug-likeness (QED) is 0.401. The highest BCUT2D eigenvalue weighted by Crippen LogP contribution is 2.28. The largest absolute Gasteiger partial charge is 0.490 e. The Morgan fingerprint density at radius 2 is 1.96 bits per heavy atom. The Hall–Kier alpha value is -2.50. The van der Waals surface area contributed by atoms with Crippen molar-refractivity contribution >= 4 is 35.3 Å². The zero-order chi connectivity index (χ0) is 18.9. The molecule has 0 atom stereocenters. The van der Waals surface area contributed by atoms with Crippen LogP contribution in [0.4, 0.5) is 0 Å². The third-order valence-electron chi connectivity index (χ3n) is 3.19. The van der Waals surface area contributed by atoms with Crippen LogP contribution in [0.25, 0.3) is 0 Å². The zero-order valence-electron chi connectivity index (χ0n) is 14.2. The topological polar surface area (TPSA) is 59.9 Å². The van der Waals surface area contributed by atoms with Gasteiger partial charge in [0.1, 0.15) is 6.61 Å². The van der Waals surface area contributed by atoms with Gasteiger partial charge in [-0.25, -0.2) is 5.43 Å². The normalized spacial score (nSPS) is 10.6. The lowest BCUT2D eigenvalue weighted by Gasteiger charge is -2.11. The Morgan fingerprint density at radius 1 is 1.15 bits per heavy atom. The van der Waals surface area contributed by atoms with E-state index in [4.69, 9.17) is 32.7 Å². The fraction of sp³-hybridized carbons (Fsp3) is 0.158. The Labute approximate surface area is 162 Å². The molecule has 0 saturated heterocycles. The molecule has 1 amide bonds. The maximum atomic E-state index is 12.1. The van der Waals surface area contributed by atoms with E-state index in [1.165, 1.54) is 12.3 Å². The van der Waals surface area contributed by atoms with E-state index in [1.54, 1.807) is 36.4 Å². The minimum atomic E-state index is -0.393. The molecule has 7 heteroatoms. The molecule has 0 unspecified atom stereocenters. The first-order chi connectivity index (χ1) is 12.5. The van der Waals surface area contributed by atoms with Gasteiger partial charge in [-0.2, -0.15) is 5.10 Å². The number of hydrogen-bond donors (Lipinski definition) is 1. The summed E-state index contributed by atoms with van der Waals surface area (Å²) in [6, 6.07) is 9.95. The van der Waals surface area contributed by atoms with Gasteiger partial charge in [0.05, 0.1) is 22.9 Å². The molecule has 2 rings (SSSR count). The molecular formula is C19H18Cl2N2O3. The van der Waals surface area contributed by atoms with E-state index >= 15 is 0 Å². The first-order valence-corrected chi connectivity index (χ1v) is 8.59. The van der Waals surface area contributed by atoms with Crippen LogP contribution in [-0.2, 0) is 0 Å². The third kappa shape index (κ3) is 5.51. The lowest BCUT2D eigenvalue weighted by Crippen LogP contribution is -2.17. The number of nitrogens with zero attached hydrogens (tertiary/aromatic N) is 1. The van der Waals surface area contributed by atoms with Crippen LogP contribution in [0.15, 0.2) is 54.2 Å². The van der Waals surface area contributed by atoms with Crippen molar-refractivity contribution in [2.24, 2.45) is 5.10 Å². The summed E-state index contributed by atoms with van der Waals surface area (Å²) in [5.74, 6) is 0.814. The van der Waals surface area contributed by atoms with Gasteiger partial charge in [-0.1, -0.05) is 35.9 Å². The van der Waals surface area contributed by atoms with Gasteiger partial charge in [-0.15, -0.1) is 0 Å². The average molecular weight is 393 g/mol. The highest BCUT2D eigenvalue weighted by molar-refractivity contribution is 6.42. The summed E-state index contributed by atoms with van der Waals surface area (Å²) in [7, 11) is 0. The maximum absolute atomic E-state index is 12.1. The first kappa shape index (κ1) is 19.8. The summed E-state index contributed by atoms with van der Waals surface area (Å²) in [4.78, 5) is 12.1. The second kappa shape index (κ2) is 9.85. The molecule has 5 nitrogen and oxygen atoms in total. The van der Waals surface area contributed by atoms with Crippen molar-refractivity contribution < 1.29 is 14.3 Å². The van der Waals surface area contributed by atoms with Crippen molar-refractivity contribution in [1.82, 2.24) is 5.43 Å². The fourth-order valence-corrected chi connectivity index (χ4v) is 2.31. The van der Waals surface area contributed by atoms with E-state index < -0.39 is 5.91 Å². The van der Waals surface area contributed by atoms with Gasteiger partial charge in [0, 0.05) is 5.56 Å². The van der Waals surface area contributed by atoms with E-state index in [-0.39, 0.29) is 0 Å². The van der Waals surface area contributed by atoms with Crippen LogP contribution in [0.2, 0.25) is 10.0 Å². The minimum absolute atomic E-state index is 0.305. The summed E-state index contributed by atoms with van der Waals surface area (Å²) in [6.07, 6.45) is 3.17. The second-order valence-corrected chi connectivity index (χ2v) is 5.88. The third-order valence-corrected chi connectivity index (χ3v) is 3.92. The predicted molar refractivity (Wildman–Crippen MR) is 105 cm³/mol. The number of rotatable bonds is 8. The first-order valence-electron chi connectivity index (χ1n) is 7.84. The predicted octanol–water partition coefficient (Wildman–Crippen LogP) is 4.72. The Kier molecular flexibility index (Phi) is 7.51. The van der Waals surface area contributed by atoms with E-state index in [1.807, 2.05) is 6.92 Å². The summed E-state index contributed by atoms with van der Waals surface area (Å²) < 4.78 is 11.1. The molecular weight excluding hydrogens is 375 g/mol. The Balaban J connectivity index is 2.06. The molecule has 0 aliphatic heterocycles. The van der Waals surface area contributed by atoms with Gasteiger partial charge in [0.15, 0.2) is 11.5 Å². The smallest absolute Gasteiger partial charge is 0.271 e. The number of hydrazone groups is 1. The second-order valence-electron chi connectivity index (χ2n) is 5.07.